The summed E-state index contributed by atoms with van der Waals surface area (Å²) in [7, 11) is -4.51. The van der Waals surface area contributed by atoms with Crippen molar-refractivity contribution >= 4 is 25.7 Å². The summed E-state index contributed by atoms with van der Waals surface area (Å²) in [6.07, 6.45) is 40.8. The highest BCUT2D eigenvalue weighted by Crippen LogP contribution is 2.43. The number of hydrogen-bond donors (Lipinski definition) is 2. The van der Waals surface area contributed by atoms with Gasteiger partial charge in [0.15, 0.2) is 6.10 Å². The summed E-state index contributed by atoms with van der Waals surface area (Å²) < 4.78 is 33.5. The highest BCUT2D eigenvalue weighted by Gasteiger charge is 2.26. The number of hydrogen-bond acceptors (Lipinski definition) is 8. The van der Waals surface area contributed by atoms with Gasteiger partial charge in [-0.25, -0.2) is 4.57 Å². The molecule has 0 aromatic carbocycles. The number of nitrogens with one attached hydrogen (secondary N) is 1. The van der Waals surface area contributed by atoms with Crippen LogP contribution >= 0.6 is 7.82 Å². The fourth-order valence-electron chi connectivity index (χ4n) is 6.29. The quantitative estimate of drug-likeness (QED) is 0.0266. The Kier molecular flexibility index (Phi) is 40.7. The van der Waals surface area contributed by atoms with Gasteiger partial charge in [-0.1, -0.05) is 154 Å². The zero-order valence-corrected chi connectivity index (χ0v) is 37.7. The summed E-state index contributed by atoms with van der Waals surface area (Å²) in [6, 6.07) is 0. The van der Waals surface area contributed by atoms with E-state index in [1.54, 1.807) is 0 Å². The molecule has 1 amide bonds. The van der Waals surface area contributed by atoms with Crippen LogP contribution in [-0.2, 0) is 37.5 Å². The number of carbonyl (C=O) groups is 3. The van der Waals surface area contributed by atoms with Crippen molar-refractivity contribution < 1.29 is 42.4 Å². The molecule has 1 unspecified atom stereocenters. The van der Waals surface area contributed by atoms with Crippen molar-refractivity contribution in [3.05, 3.63) is 24.3 Å². The summed E-state index contributed by atoms with van der Waals surface area (Å²) in [5.74, 6) is -1.04. The Morgan fingerprint density at radius 1 is 0.526 bits per heavy atom. The molecule has 0 rings (SSSR count). The average Bonchev–Trinajstić information content (AvgIpc) is 3.19. The monoisotopic (exact) mass is 828 g/mol. The van der Waals surface area contributed by atoms with Crippen molar-refractivity contribution in [2.75, 3.05) is 26.4 Å². The molecule has 0 heterocycles. The molecule has 0 fully saturated rings. The van der Waals surface area contributed by atoms with E-state index in [4.69, 9.17) is 18.5 Å². The minimum atomic E-state index is -4.51. The fourth-order valence-corrected chi connectivity index (χ4v) is 7.04. The van der Waals surface area contributed by atoms with Crippen LogP contribution in [0, 0.1) is 0 Å². The SMILES string of the molecule is CCCCCCCCC=CCCCCCCCC(=O)OC[C@H](COP(=O)(O)OCCNC(=O)CCCC)OC(=O)CCCCCCCC=CCCCCCCCC. The summed E-state index contributed by atoms with van der Waals surface area (Å²) in [6.45, 7) is 5.55. The number of unbranched alkanes of at least 4 members (excludes halogenated alkanes) is 23. The third-order valence-electron chi connectivity index (χ3n) is 9.87. The molecular formula is C46H86NO9P. The van der Waals surface area contributed by atoms with Crippen molar-refractivity contribution in [1.82, 2.24) is 5.32 Å². The molecule has 2 atom stereocenters. The van der Waals surface area contributed by atoms with Crippen LogP contribution in [0.4, 0.5) is 0 Å². The van der Waals surface area contributed by atoms with Crippen molar-refractivity contribution in [3.8, 4) is 0 Å². The number of phosphoric ester groups is 1. The smallest absolute Gasteiger partial charge is 0.462 e. The molecule has 10 nitrogen and oxygen atoms in total. The summed E-state index contributed by atoms with van der Waals surface area (Å²) in [5, 5.41) is 2.63. The van der Waals surface area contributed by atoms with Gasteiger partial charge in [0.1, 0.15) is 6.61 Å². The van der Waals surface area contributed by atoms with Crippen LogP contribution in [0.2, 0.25) is 0 Å². The highest BCUT2D eigenvalue weighted by atomic mass is 31.2. The third kappa shape index (κ3) is 41.9. The zero-order chi connectivity index (χ0) is 41.9. The molecular weight excluding hydrogens is 741 g/mol. The van der Waals surface area contributed by atoms with Crippen molar-refractivity contribution in [1.29, 1.82) is 0 Å². The molecule has 0 saturated carbocycles. The first kappa shape index (κ1) is 55.0. The van der Waals surface area contributed by atoms with E-state index < -0.39 is 32.5 Å². The van der Waals surface area contributed by atoms with E-state index in [2.05, 4.69) is 43.5 Å². The Morgan fingerprint density at radius 3 is 1.42 bits per heavy atom. The maximum absolute atomic E-state index is 12.7. The van der Waals surface area contributed by atoms with Gasteiger partial charge in [0.25, 0.3) is 0 Å². The van der Waals surface area contributed by atoms with Gasteiger partial charge in [-0.3, -0.25) is 23.4 Å². The molecule has 57 heavy (non-hydrogen) atoms. The summed E-state index contributed by atoms with van der Waals surface area (Å²) in [5.41, 5.74) is 0. The Balaban J connectivity index is 4.48. The van der Waals surface area contributed by atoms with E-state index in [9.17, 15) is 23.8 Å². The van der Waals surface area contributed by atoms with E-state index >= 15 is 0 Å². The van der Waals surface area contributed by atoms with Crippen molar-refractivity contribution in [3.63, 3.8) is 0 Å². The normalized spacial score (nSPS) is 13.3. The molecule has 0 radical (unpaired) electrons. The minimum Gasteiger partial charge on any atom is -0.462 e. The molecule has 0 aliphatic rings. The average molecular weight is 828 g/mol. The van der Waals surface area contributed by atoms with E-state index in [1.807, 2.05) is 6.92 Å². The molecule has 0 aliphatic carbocycles. The standard InChI is InChI=1S/C46H86NO9P/c1-4-7-10-12-14-16-18-20-22-24-26-28-30-32-34-37-45(49)53-41-43(42-55-57(51,52)54-40-39-47-44(48)36-9-6-3)56-46(50)38-35-33-31-29-27-25-23-21-19-17-15-13-11-8-5-2/h20-23,43H,4-19,24-42H2,1-3H3,(H,47,48)(H,51,52)/t43-/m1/s1. The lowest BCUT2D eigenvalue weighted by molar-refractivity contribution is -0.161. The van der Waals surface area contributed by atoms with Crippen LogP contribution in [0.3, 0.4) is 0 Å². The predicted octanol–water partition coefficient (Wildman–Crippen LogP) is 13.0. The molecule has 0 bridgehead atoms. The highest BCUT2D eigenvalue weighted by molar-refractivity contribution is 7.47. The summed E-state index contributed by atoms with van der Waals surface area (Å²) in [4.78, 5) is 47.2. The fraction of sp³-hybridized carbons (Fsp3) is 0.848. The largest absolute Gasteiger partial charge is 0.472 e. The number of phosphoric acid groups is 1. The third-order valence-corrected chi connectivity index (χ3v) is 10.9. The molecule has 0 aromatic rings. The molecule has 334 valence electrons. The van der Waals surface area contributed by atoms with Crippen LogP contribution in [0.15, 0.2) is 24.3 Å². The van der Waals surface area contributed by atoms with E-state index in [1.165, 1.54) is 89.9 Å². The van der Waals surface area contributed by atoms with Crippen molar-refractivity contribution in [2.45, 2.75) is 226 Å². The lowest BCUT2D eigenvalue weighted by Crippen LogP contribution is -2.30. The van der Waals surface area contributed by atoms with Crippen LogP contribution in [0.5, 0.6) is 0 Å². The molecule has 0 aromatic heterocycles. The molecule has 2 N–H and O–H groups in total. The Bertz CT molecular complexity index is 1050. The van der Waals surface area contributed by atoms with E-state index in [-0.39, 0.29) is 38.5 Å². The zero-order valence-electron chi connectivity index (χ0n) is 36.8. The topological polar surface area (TPSA) is 137 Å². The minimum absolute atomic E-state index is 0.0544. The van der Waals surface area contributed by atoms with Gasteiger partial charge in [-0.2, -0.15) is 0 Å². The lowest BCUT2D eigenvalue weighted by atomic mass is 10.1. The van der Waals surface area contributed by atoms with E-state index in [0.717, 1.165) is 77.0 Å². The van der Waals surface area contributed by atoms with Gasteiger partial charge < -0.3 is 19.7 Å². The maximum atomic E-state index is 12.7. The van der Waals surface area contributed by atoms with Gasteiger partial charge in [0, 0.05) is 25.8 Å². The first-order valence-electron chi connectivity index (χ1n) is 23.3. The van der Waals surface area contributed by atoms with Crippen LogP contribution in [0.25, 0.3) is 0 Å². The van der Waals surface area contributed by atoms with Crippen LogP contribution < -0.4 is 5.32 Å². The molecule has 0 aliphatic heterocycles. The molecule has 0 saturated heterocycles. The predicted molar refractivity (Wildman–Crippen MR) is 234 cm³/mol. The van der Waals surface area contributed by atoms with Crippen molar-refractivity contribution in [2.24, 2.45) is 0 Å². The van der Waals surface area contributed by atoms with Gasteiger partial charge in [0.2, 0.25) is 5.91 Å². The van der Waals surface area contributed by atoms with Gasteiger partial charge in [0.05, 0.1) is 13.2 Å². The molecule has 0 spiro atoms. The first-order chi connectivity index (χ1) is 27.7. The Hall–Kier alpha value is -2.00. The number of esters is 2. The first-order valence-corrected chi connectivity index (χ1v) is 24.8. The maximum Gasteiger partial charge on any atom is 0.472 e. The second-order valence-corrected chi connectivity index (χ2v) is 17.0. The number of amides is 1. The Labute approximate surface area is 349 Å². The molecule has 11 heteroatoms. The number of carbonyl (C=O) groups excluding carboxylic acids is 3. The summed E-state index contributed by atoms with van der Waals surface area (Å²) >= 11 is 0. The number of ether oxygens (including phenoxy) is 2. The number of rotatable bonds is 43. The lowest BCUT2D eigenvalue weighted by Gasteiger charge is -2.20. The van der Waals surface area contributed by atoms with Gasteiger partial charge in [-0.15, -0.1) is 0 Å². The van der Waals surface area contributed by atoms with Gasteiger partial charge >= 0.3 is 19.8 Å². The van der Waals surface area contributed by atoms with Gasteiger partial charge in [-0.05, 0) is 70.6 Å². The van der Waals surface area contributed by atoms with E-state index in [0.29, 0.717) is 19.3 Å². The van der Waals surface area contributed by atoms with Crippen LogP contribution in [-0.4, -0.2) is 55.2 Å². The second kappa shape index (κ2) is 42.1. The number of allylic oxidation sites excluding steroid dienone is 4. The Morgan fingerprint density at radius 2 is 0.947 bits per heavy atom. The second-order valence-electron chi connectivity index (χ2n) is 15.5. The van der Waals surface area contributed by atoms with Crippen LogP contribution in [0.1, 0.15) is 220 Å².